The molecule has 1 heterocycles. The van der Waals surface area contributed by atoms with Crippen LogP contribution in [-0.2, 0) is 9.53 Å². The Kier molecular flexibility index (Phi) is 4.54. The summed E-state index contributed by atoms with van der Waals surface area (Å²) in [5.41, 5.74) is 6.30. The van der Waals surface area contributed by atoms with Crippen LogP contribution in [0.4, 0.5) is 11.4 Å². The lowest BCUT2D eigenvalue weighted by Crippen LogP contribution is -2.46. The van der Waals surface area contributed by atoms with E-state index < -0.39 is 10.3 Å². The fraction of sp³-hybridized carbons (Fsp3) is 0.500. The molecule has 0 bridgehead atoms. The molecule has 1 aromatic rings. The summed E-state index contributed by atoms with van der Waals surface area (Å²) in [7, 11) is 0. The van der Waals surface area contributed by atoms with Crippen molar-refractivity contribution in [2.45, 2.75) is 19.8 Å². The van der Waals surface area contributed by atoms with Gasteiger partial charge in [-0.25, -0.2) is 0 Å². The van der Waals surface area contributed by atoms with Crippen LogP contribution in [0.15, 0.2) is 18.2 Å². The number of aryl methyl sites for hydroxylation is 1. The summed E-state index contributed by atoms with van der Waals surface area (Å²) in [5, 5.41) is 13.6. The molecule has 0 unspecified atom stereocenters. The summed E-state index contributed by atoms with van der Waals surface area (Å²) in [6, 6.07) is 4.40. The van der Waals surface area contributed by atoms with E-state index >= 15 is 0 Å². The Morgan fingerprint density at radius 1 is 1.48 bits per heavy atom. The average molecular weight is 293 g/mol. The zero-order valence-corrected chi connectivity index (χ0v) is 11.9. The lowest BCUT2D eigenvalue weighted by molar-refractivity contribution is -0.384. The van der Waals surface area contributed by atoms with Crippen LogP contribution in [0.25, 0.3) is 0 Å². The minimum absolute atomic E-state index is 0.0512. The number of amides is 1. The number of nitro groups is 1. The largest absolute Gasteiger partial charge is 0.381 e. The van der Waals surface area contributed by atoms with Crippen LogP contribution in [-0.4, -0.2) is 30.6 Å². The molecule has 7 nitrogen and oxygen atoms in total. The van der Waals surface area contributed by atoms with Gasteiger partial charge in [0.25, 0.3) is 5.69 Å². The second-order valence-electron chi connectivity index (χ2n) is 5.31. The van der Waals surface area contributed by atoms with Crippen molar-refractivity contribution >= 4 is 17.3 Å². The summed E-state index contributed by atoms with van der Waals surface area (Å²) in [5.74, 6) is -0.197. The van der Waals surface area contributed by atoms with E-state index in [1.807, 2.05) is 0 Å². The van der Waals surface area contributed by atoms with Crippen molar-refractivity contribution in [3.63, 3.8) is 0 Å². The summed E-state index contributed by atoms with van der Waals surface area (Å²) in [4.78, 5) is 22.9. The summed E-state index contributed by atoms with van der Waals surface area (Å²) < 4.78 is 5.28. The fourth-order valence-electron chi connectivity index (χ4n) is 2.40. The van der Waals surface area contributed by atoms with Gasteiger partial charge in [0, 0.05) is 31.9 Å². The van der Waals surface area contributed by atoms with E-state index in [9.17, 15) is 14.9 Å². The number of anilines is 1. The second-order valence-corrected chi connectivity index (χ2v) is 5.31. The monoisotopic (exact) mass is 293 g/mol. The van der Waals surface area contributed by atoms with Gasteiger partial charge in [0.2, 0.25) is 5.91 Å². The van der Waals surface area contributed by atoms with Gasteiger partial charge in [0.05, 0.1) is 16.0 Å². The molecule has 0 aromatic heterocycles. The van der Waals surface area contributed by atoms with Crippen LogP contribution in [0.3, 0.4) is 0 Å². The molecule has 0 radical (unpaired) electrons. The third-order valence-electron chi connectivity index (χ3n) is 4.00. The van der Waals surface area contributed by atoms with Gasteiger partial charge in [-0.15, -0.1) is 0 Å². The maximum absolute atomic E-state index is 12.5. The molecule has 7 heteroatoms. The standard InChI is InChI=1S/C14H19N3O4/c1-10-2-3-11(17(19)20)8-12(10)16-13(18)14(9-15)4-6-21-7-5-14/h2-3,8H,4-7,9,15H2,1H3,(H,16,18). The highest BCUT2D eigenvalue weighted by Gasteiger charge is 2.39. The molecule has 0 spiro atoms. The summed E-state index contributed by atoms with van der Waals surface area (Å²) in [6.45, 7) is 3.02. The molecule has 114 valence electrons. The lowest BCUT2D eigenvalue weighted by atomic mass is 9.79. The molecule has 1 aromatic carbocycles. The SMILES string of the molecule is Cc1ccc([N+](=O)[O-])cc1NC(=O)C1(CN)CCOCC1. The van der Waals surface area contributed by atoms with Crippen molar-refractivity contribution in [2.24, 2.45) is 11.1 Å². The zero-order valence-electron chi connectivity index (χ0n) is 11.9. The molecule has 0 atom stereocenters. The molecule has 1 fully saturated rings. The van der Waals surface area contributed by atoms with Crippen LogP contribution in [0.1, 0.15) is 18.4 Å². The first-order chi connectivity index (χ1) is 9.98. The molecule has 1 aliphatic heterocycles. The van der Waals surface area contributed by atoms with Gasteiger partial charge < -0.3 is 15.8 Å². The molecule has 1 saturated heterocycles. The van der Waals surface area contributed by atoms with Crippen LogP contribution < -0.4 is 11.1 Å². The topological polar surface area (TPSA) is 107 Å². The quantitative estimate of drug-likeness (QED) is 0.647. The Labute approximate surface area is 122 Å². The van der Waals surface area contributed by atoms with E-state index in [2.05, 4.69) is 5.32 Å². The highest BCUT2D eigenvalue weighted by Crippen LogP contribution is 2.32. The Bertz CT molecular complexity index is 553. The number of carbonyl (C=O) groups is 1. The number of non-ortho nitro benzene ring substituents is 1. The van der Waals surface area contributed by atoms with Crippen molar-refractivity contribution in [2.75, 3.05) is 25.1 Å². The lowest BCUT2D eigenvalue weighted by Gasteiger charge is -2.34. The van der Waals surface area contributed by atoms with Crippen LogP contribution in [0.2, 0.25) is 0 Å². The van der Waals surface area contributed by atoms with Crippen molar-refractivity contribution in [3.8, 4) is 0 Å². The minimum atomic E-state index is -0.657. The molecule has 1 aliphatic rings. The molecule has 0 aliphatic carbocycles. The van der Waals surface area contributed by atoms with Crippen LogP contribution in [0, 0.1) is 22.5 Å². The number of hydrogen-bond acceptors (Lipinski definition) is 5. The Morgan fingerprint density at radius 2 is 2.14 bits per heavy atom. The molecular formula is C14H19N3O4. The van der Waals surface area contributed by atoms with Crippen molar-refractivity contribution < 1.29 is 14.5 Å². The normalized spacial score (nSPS) is 17.2. The molecule has 2 rings (SSSR count). The van der Waals surface area contributed by atoms with Crippen molar-refractivity contribution in [1.29, 1.82) is 0 Å². The predicted octanol–water partition coefficient (Wildman–Crippen LogP) is 1.60. The Morgan fingerprint density at radius 3 is 2.71 bits per heavy atom. The molecule has 21 heavy (non-hydrogen) atoms. The minimum Gasteiger partial charge on any atom is -0.381 e. The number of nitrogens with zero attached hydrogens (tertiary/aromatic N) is 1. The molecule has 0 saturated carbocycles. The fourth-order valence-corrected chi connectivity index (χ4v) is 2.40. The van der Waals surface area contributed by atoms with Crippen molar-refractivity contribution in [1.82, 2.24) is 0 Å². The van der Waals surface area contributed by atoms with E-state index in [4.69, 9.17) is 10.5 Å². The number of nitro benzene ring substituents is 1. The number of benzene rings is 1. The Hall–Kier alpha value is -1.99. The van der Waals surface area contributed by atoms with Gasteiger partial charge in [-0.05, 0) is 25.3 Å². The predicted molar refractivity (Wildman–Crippen MR) is 78.0 cm³/mol. The maximum atomic E-state index is 12.5. The summed E-state index contributed by atoms with van der Waals surface area (Å²) >= 11 is 0. The number of nitrogens with one attached hydrogen (secondary N) is 1. The Balaban J connectivity index is 2.22. The van der Waals surface area contributed by atoms with E-state index in [-0.39, 0.29) is 18.1 Å². The van der Waals surface area contributed by atoms with E-state index in [0.29, 0.717) is 31.7 Å². The highest BCUT2D eigenvalue weighted by molar-refractivity contribution is 5.96. The second kappa shape index (κ2) is 6.19. The summed E-state index contributed by atoms with van der Waals surface area (Å²) in [6.07, 6.45) is 1.12. The van der Waals surface area contributed by atoms with Gasteiger partial charge >= 0.3 is 0 Å². The number of hydrogen-bond donors (Lipinski definition) is 2. The highest BCUT2D eigenvalue weighted by atomic mass is 16.6. The smallest absolute Gasteiger partial charge is 0.271 e. The number of ether oxygens (including phenoxy) is 1. The van der Waals surface area contributed by atoms with Gasteiger partial charge in [-0.3, -0.25) is 14.9 Å². The van der Waals surface area contributed by atoms with Crippen LogP contribution in [0.5, 0.6) is 0 Å². The number of rotatable bonds is 4. The van der Waals surface area contributed by atoms with E-state index in [1.54, 1.807) is 13.0 Å². The molecular weight excluding hydrogens is 274 g/mol. The van der Waals surface area contributed by atoms with E-state index in [0.717, 1.165) is 5.56 Å². The zero-order chi connectivity index (χ0) is 15.5. The van der Waals surface area contributed by atoms with Gasteiger partial charge in [0.1, 0.15) is 0 Å². The van der Waals surface area contributed by atoms with Gasteiger partial charge in [-0.2, -0.15) is 0 Å². The first-order valence-corrected chi connectivity index (χ1v) is 6.83. The van der Waals surface area contributed by atoms with Crippen LogP contribution >= 0.6 is 0 Å². The van der Waals surface area contributed by atoms with Crippen molar-refractivity contribution in [3.05, 3.63) is 33.9 Å². The third kappa shape index (κ3) is 3.20. The van der Waals surface area contributed by atoms with Gasteiger partial charge in [0.15, 0.2) is 0 Å². The molecule has 3 N–H and O–H groups in total. The first kappa shape index (κ1) is 15.4. The number of nitrogens with two attached hydrogens (primary N) is 1. The van der Waals surface area contributed by atoms with Gasteiger partial charge in [-0.1, -0.05) is 6.07 Å². The first-order valence-electron chi connectivity index (χ1n) is 6.83. The molecule has 1 amide bonds. The maximum Gasteiger partial charge on any atom is 0.271 e. The average Bonchev–Trinajstić information content (AvgIpc) is 2.49. The third-order valence-corrected chi connectivity index (χ3v) is 4.00. The van der Waals surface area contributed by atoms with E-state index in [1.165, 1.54) is 12.1 Å². The number of carbonyl (C=O) groups excluding carboxylic acids is 1.